The molecule has 2 nitrogen and oxygen atoms in total. The number of ether oxygens (including phenoxy) is 1. The number of nitrogens with one attached hydrogen (secondary N) is 1. The van der Waals surface area contributed by atoms with E-state index in [9.17, 15) is 0 Å². The zero-order valence-corrected chi connectivity index (χ0v) is 13.5. The molecule has 0 bridgehead atoms. The first-order chi connectivity index (χ1) is 10.3. The Kier molecular flexibility index (Phi) is 4.84. The first-order valence-corrected chi connectivity index (χ1v) is 8.79. The van der Waals surface area contributed by atoms with Crippen molar-refractivity contribution in [1.29, 1.82) is 0 Å². The highest BCUT2D eigenvalue weighted by atomic mass is 16.5. The number of rotatable bonds is 4. The van der Waals surface area contributed by atoms with Gasteiger partial charge in [0.2, 0.25) is 0 Å². The van der Waals surface area contributed by atoms with Crippen molar-refractivity contribution < 1.29 is 4.74 Å². The Labute approximate surface area is 129 Å². The Morgan fingerprint density at radius 2 is 1.95 bits per heavy atom. The fraction of sp³-hybridized carbons (Fsp3) is 0.684. The summed E-state index contributed by atoms with van der Waals surface area (Å²) in [5.74, 6) is 1.96. The minimum atomic E-state index is 0.431. The largest absolute Gasteiger partial charge is 0.490 e. The maximum Gasteiger partial charge on any atom is 0.120 e. The summed E-state index contributed by atoms with van der Waals surface area (Å²) in [4.78, 5) is 0. The van der Waals surface area contributed by atoms with E-state index in [2.05, 4.69) is 37.4 Å². The lowest BCUT2D eigenvalue weighted by molar-refractivity contribution is 0.135. The van der Waals surface area contributed by atoms with Gasteiger partial charge in [0.05, 0.1) is 6.10 Å². The van der Waals surface area contributed by atoms with E-state index in [-0.39, 0.29) is 0 Å². The Balaban J connectivity index is 1.70. The van der Waals surface area contributed by atoms with Gasteiger partial charge in [-0.15, -0.1) is 0 Å². The molecule has 1 saturated carbocycles. The molecule has 0 aliphatic heterocycles. The second kappa shape index (κ2) is 6.83. The molecule has 0 spiro atoms. The molecule has 0 aromatic heterocycles. The van der Waals surface area contributed by atoms with Crippen LogP contribution in [0.3, 0.4) is 0 Å². The van der Waals surface area contributed by atoms with Gasteiger partial charge in [-0.2, -0.15) is 0 Å². The van der Waals surface area contributed by atoms with E-state index in [1.807, 2.05) is 0 Å². The van der Waals surface area contributed by atoms with Crippen LogP contribution in [0.15, 0.2) is 18.2 Å². The molecule has 2 aliphatic carbocycles. The molecule has 0 saturated heterocycles. The van der Waals surface area contributed by atoms with Crippen molar-refractivity contribution in [2.75, 3.05) is 6.54 Å². The lowest BCUT2D eigenvalue weighted by Gasteiger charge is -2.29. The van der Waals surface area contributed by atoms with Crippen LogP contribution in [0.5, 0.6) is 5.75 Å². The van der Waals surface area contributed by atoms with Crippen molar-refractivity contribution in [3.63, 3.8) is 0 Å². The highest BCUT2D eigenvalue weighted by Gasteiger charge is 2.22. The van der Waals surface area contributed by atoms with Crippen LogP contribution < -0.4 is 10.1 Å². The Hall–Kier alpha value is -1.02. The van der Waals surface area contributed by atoms with E-state index < -0.39 is 0 Å². The lowest BCUT2D eigenvalue weighted by Crippen LogP contribution is -2.26. The van der Waals surface area contributed by atoms with E-state index >= 15 is 0 Å². The number of hydrogen-bond donors (Lipinski definition) is 1. The summed E-state index contributed by atoms with van der Waals surface area (Å²) in [6.07, 6.45) is 9.27. The molecule has 0 heterocycles. The number of benzene rings is 1. The van der Waals surface area contributed by atoms with Crippen molar-refractivity contribution in [3.05, 3.63) is 29.3 Å². The molecule has 1 aromatic carbocycles. The smallest absolute Gasteiger partial charge is 0.120 e. The van der Waals surface area contributed by atoms with E-state index in [0.717, 1.165) is 18.2 Å². The minimum absolute atomic E-state index is 0.431. The van der Waals surface area contributed by atoms with Crippen molar-refractivity contribution in [3.8, 4) is 5.75 Å². The second-order valence-electron chi connectivity index (χ2n) is 6.86. The zero-order chi connectivity index (χ0) is 14.7. The molecule has 21 heavy (non-hydrogen) atoms. The summed E-state index contributed by atoms with van der Waals surface area (Å²) in [5, 5.41) is 3.62. The van der Waals surface area contributed by atoms with E-state index in [4.69, 9.17) is 4.74 Å². The van der Waals surface area contributed by atoms with Crippen LogP contribution in [0.4, 0.5) is 0 Å². The average Bonchev–Trinajstić information content (AvgIpc) is 2.50. The quantitative estimate of drug-likeness (QED) is 0.871. The topological polar surface area (TPSA) is 21.3 Å². The van der Waals surface area contributed by atoms with Gasteiger partial charge in [0, 0.05) is 6.04 Å². The van der Waals surface area contributed by atoms with Gasteiger partial charge in [0.1, 0.15) is 5.75 Å². The third kappa shape index (κ3) is 3.60. The summed E-state index contributed by atoms with van der Waals surface area (Å²) in [5.41, 5.74) is 2.99. The number of fused-ring (bicyclic) bond motifs is 1. The molecule has 1 atom stereocenters. The summed E-state index contributed by atoms with van der Waals surface area (Å²) in [6.45, 7) is 5.59. The average molecular weight is 287 g/mol. The highest BCUT2D eigenvalue weighted by Crippen LogP contribution is 2.34. The predicted molar refractivity (Wildman–Crippen MR) is 87.8 cm³/mol. The molecule has 1 aromatic rings. The molecule has 0 amide bonds. The summed E-state index contributed by atoms with van der Waals surface area (Å²) in [6, 6.07) is 7.30. The van der Waals surface area contributed by atoms with Crippen molar-refractivity contribution >= 4 is 0 Å². The molecule has 1 fully saturated rings. The fourth-order valence-corrected chi connectivity index (χ4v) is 3.85. The van der Waals surface area contributed by atoms with Crippen LogP contribution in [0.2, 0.25) is 0 Å². The SMILES string of the molecule is CCNC1CCCc2ccc(OC3CCC(C)CC3)cc21. The van der Waals surface area contributed by atoms with Gasteiger partial charge in [-0.25, -0.2) is 0 Å². The van der Waals surface area contributed by atoms with Gasteiger partial charge >= 0.3 is 0 Å². The van der Waals surface area contributed by atoms with Crippen molar-refractivity contribution in [2.45, 2.75) is 70.9 Å². The summed E-state index contributed by atoms with van der Waals surface area (Å²) >= 11 is 0. The molecular weight excluding hydrogens is 258 g/mol. The Morgan fingerprint density at radius 1 is 1.14 bits per heavy atom. The molecule has 116 valence electrons. The van der Waals surface area contributed by atoms with Crippen molar-refractivity contribution in [1.82, 2.24) is 5.32 Å². The van der Waals surface area contributed by atoms with Crippen LogP contribution in [-0.2, 0) is 6.42 Å². The molecule has 1 N–H and O–H groups in total. The normalized spacial score (nSPS) is 29.0. The minimum Gasteiger partial charge on any atom is -0.490 e. The van der Waals surface area contributed by atoms with Gasteiger partial charge in [-0.05, 0) is 80.7 Å². The van der Waals surface area contributed by atoms with Crippen LogP contribution in [-0.4, -0.2) is 12.6 Å². The first kappa shape index (κ1) is 14.9. The van der Waals surface area contributed by atoms with Gasteiger partial charge in [0.15, 0.2) is 0 Å². The fourth-order valence-electron chi connectivity index (χ4n) is 3.85. The molecule has 1 unspecified atom stereocenters. The van der Waals surface area contributed by atoms with Crippen LogP contribution >= 0.6 is 0 Å². The second-order valence-corrected chi connectivity index (χ2v) is 6.86. The third-order valence-electron chi connectivity index (χ3n) is 5.15. The third-order valence-corrected chi connectivity index (χ3v) is 5.15. The van der Waals surface area contributed by atoms with Gasteiger partial charge < -0.3 is 10.1 Å². The van der Waals surface area contributed by atoms with E-state index in [1.54, 1.807) is 0 Å². The van der Waals surface area contributed by atoms with Crippen molar-refractivity contribution in [2.24, 2.45) is 5.92 Å². The first-order valence-electron chi connectivity index (χ1n) is 8.79. The van der Waals surface area contributed by atoms with Crippen LogP contribution in [0.25, 0.3) is 0 Å². The van der Waals surface area contributed by atoms with Gasteiger partial charge in [-0.3, -0.25) is 0 Å². The van der Waals surface area contributed by atoms with Crippen LogP contribution in [0, 0.1) is 5.92 Å². The zero-order valence-electron chi connectivity index (χ0n) is 13.5. The Morgan fingerprint density at radius 3 is 2.71 bits per heavy atom. The lowest BCUT2D eigenvalue weighted by atomic mass is 9.87. The van der Waals surface area contributed by atoms with Crippen LogP contribution in [0.1, 0.15) is 69.5 Å². The molecule has 0 radical (unpaired) electrons. The van der Waals surface area contributed by atoms with E-state index in [0.29, 0.717) is 12.1 Å². The number of hydrogen-bond acceptors (Lipinski definition) is 2. The monoisotopic (exact) mass is 287 g/mol. The maximum absolute atomic E-state index is 6.27. The molecule has 3 rings (SSSR count). The summed E-state index contributed by atoms with van der Waals surface area (Å²) < 4.78 is 6.27. The molecule has 2 heteroatoms. The summed E-state index contributed by atoms with van der Waals surface area (Å²) in [7, 11) is 0. The highest BCUT2D eigenvalue weighted by molar-refractivity contribution is 5.39. The molecular formula is C19H29NO. The standard InChI is InChI=1S/C19H29NO/c1-3-20-19-6-4-5-15-9-12-17(13-18(15)19)21-16-10-7-14(2)8-11-16/h9,12-14,16,19-20H,3-8,10-11H2,1-2H3. The number of aryl methyl sites for hydroxylation is 1. The maximum atomic E-state index is 6.27. The predicted octanol–water partition coefficient (Wildman–Crippen LogP) is 4.63. The van der Waals surface area contributed by atoms with Gasteiger partial charge in [-0.1, -0.05) is 19.9 Å². The molecule has 2 aliphatic rings. The van der Waals surface area contributed by atoms with Gasteiger partial charge in [0.25, 0.3) is 0 Å². The van der Waals surface area contributed by atoms with E-state index in [1.165, 1.54) is 56.1 Å². The Bertz CT molecular complexity index is 463.